The van der Waals surface area contributed by atoms with Gasteiger partial charge in [0.05, 0.1) is 0 Å². The fraction of sp³-hybridized carbons (Fsp3) is 0.286. The molecule has 92 valence electrons. The molecule has 3 heteroatoms. The minimum atomic E-state index is 0.00947. The molecule has 1 rings (SSSR count). The van der Waals surface area contributed by atoms with Gasteiger partial charge in [0, 0.05) is 29.3 Å². The normalized spacial score (nSPS) is 11.9. The molecule has 0 spiro atoms. The molecule has 0 heterocycles. The van der Waals surface area contributed by atoms with E-state index in [0.29, 0.717) is 0 Å². The lowest BCUT2D eigenvalue weighted by Crippen LogP contribution is -2.25. The fourth-order valence-corrected chi connectivity index (χ4v) is 2.11. The predicted octanol–water partition coefficient (Wildman–Crippen LogP) is 3.65. The van der Waals surface area contributed by atoms with Gasteiger partial charge in [0.15, 0.2) is 0 Å². The van der Waals surface area contributed by atoms with Gasteiger partial charge in [-0.15, -0.1) is 13.2 Å². The summed E-state index contributed by atoms with van der Waals surface area (Å²) < 4.78 is 1.05. The zero-order valence-electron chi connectivity index (χ0n) is 10.2. The average Bonchev–Trinajstić information content (AvgIpc) is 2.28. The molecular weight excluding hydrogens is 276 g/mol. The van der Waals surface area contributed by atoms with Gasteiger partial charge in [0.1, 0.15) is 0 Å². The first-order valence-electron chi connectivity index (χ1n) is 5.62. The van der Waals surface area contributed by atoms with Crippen LogP contribution in [0.5, 0.6) is 0 Å². The largest absolute Gasteiger partial charge is 0.364 e. The molecular formula is C14H19BrN2. The maximum absolute atomic E-state index is 6.00. The van der Waals surface area contributed by atoms with Crippen LogP contribution in [0.15, 0.2) is 48.0 Å². The highest BCUT2D eigenvalue weighted by Gasteiger charge is 2.12. The van der Waals surface area contributed by atoms with Crippen LogP contribution in [0.2, 0.25) is 0 Å². The molecule has 17 heavy (non-hydrogen) atoms. The number of anilines is 1. The second-order valence-electron chi connectivity index (χ2n) is 3.97. The Labute approximate surface area is 112 Å². The molecule has 2 nitrogen and oxygen atoms in total. The van der Waals surface area contributed by atoms with Crippen molar-refractivity contribution in [2.75, 3.05) is 18.0 Å². The van der Waals surface area contributed by atoms with Crippen LogP contribution < -0.4 is 10.6 Å². The van der Waals surface area contributed by atoms with Crippen LogP contribution in [0.3, 0.4) is 0 Å². The van der Waals surface area contributed by atoms with Crippen LogP contribution >= 0.6 is 15.9 Å². The highest BCUT2D eigenvalue weighted by Crippen LogP contribution is 2.28. The molecule has 1 aromatic rings. The molecule has 2 N–H and O–H groups in total. The summed E-state index contributed by atoms with van der Waals surface area (Å²) in [6.07, 6.45) is 3.77. The summed E-state index contributed by atoms with van der Waals surface area (Å²) in [6, 6.07) is 6.17. The molecule has 1 atom stereocenters. The van der Waals surface area contributed by atoms with Crippen molar-refractivity contribution < 1.29 is 0 Å². The Morgan fingerprint density at radius 1 is 1.35 bits per heavy atom. The number of nitrogens with two attached hydrogens (primary N) is 1. The van der Waals surface area contributed by atoms with Crippen molar-refractivity contribution in [1.82, 2.24) is 0 Å². The molecule has 0 aliphatic heterocycles. The van der Waals surface area contributed by atoms with Crippen LogP contribution in [-0.4, -0.2) is 13.1 Å². The van der Waals surface area contributed by atoms with Crippen LogP contribution in [0.4, 0.5) is 5.69 Å². The summed E-state index contributed by atoms with van der Waals surface area (Å²) in [5.74, 6) is 0. The number of benzene rings is 1. The highest BCUT2D eigenvalue weighted by atomic mass is 79.9. The van der Waals surface area contributed by atoms with Gasteiger partial charge in [-0.25, -0.2) is 0 Å². The van der Waals surface area contributed by atoms with Crippen LogP contribution in [0.25, 0.3) is 0 Å². The van der Waals surface area contributed by atoms with Gasteiger partial charge in [-0.1, -0.05) is 34.1 Å². The van der Waals surface area contributed by atoms with Gasteiger partial charge in [-0.05, 0) is 24.6 Å². The Morgan fingerprint density at radius 3 is 2.41 bits per heavy atom. The monoisotopic (exact) mass is 294 g/mol. The van der Waals surface area contributed by atoms with Crippen molar-refractivity contribution in [3.05, 3.63) is 53.5 Å². The maximum Gasteiger partial charge on any atom is 0.0431 e. The first-order valence-corrected chi connectivity index (χ1v) is 6.41. The van der Waals surface area contributed by atoms with Gasteiger partial charge >= 0.3 is 0 Å². The van der Waals surface area contributed by atoms with E-state index in [1.54, 1.807) is 0 Å². The third-order valence-corrected chi connectivity index (χ3v) is 3.02. The molecule has 0 bridgehead atoms. The lowest BCUT2D eigenvalue weighted by molar-refractivity contribution is 0.804. The van der Waals surface area contributed by atoms with E-state index in [4.69, 9.17) is 5.73 Å². The Bertz CT molecular complexity index is 389. The summed E-state index contributed by atoms with van der Waals surface area (Å²) in [4.78, 5) is 2.20. The summed E-state index contributed by atoms with van der Waals surface area (Å²) in [7, 11) is 0. The molecule has 0 radical (unpaired) electrons. The van der Waals surface area contributed by atoms with E-state index in [1.807, 2.05) is 25.1 Å². The second kappa shape index (κ2) is 6.62. The molecule has 1 aromatic carbocycles. The van der Waals surface area contributed by atoms with E-state index in [-0.39, 0.29) is 6.04 Å². The number of hydrogen-bond donors (Lipinski definition) is 1. The van der Waals surface area contributed by atoms with Crippen molar-refractivity contribution in [3.63, 3.8) is 0 Å². The first kappa shape index (κ1) is 14.0. The second-order valence-corrected chi connectivity index (χ2v) is 4.89. The van der Waals surface area contributed by atoms with Gasteiger partial charge in [-0.2, -0.15) is 0 Å². The molecule has 0 aliphatic rings. The molecule has 0 aromatic heterocycles. The van der Waals surface area contributed by atoms with E-state index in [1.165, 1.54) is 0 Å². The summed E-state index contributed by atoms with van der Waals surface area (Å²) >= 11 is 3.50. The number of hydrogen-bond acceptors (Lipinski definition) is 2. The molecule has 0 saturated heterocycles. The topological polar surface area (TPSA) is 29.3 Å². The fourth-order valence-electron chi connectivity index (χ4n) is 1.76. The van der Waals surface area contributed by atoms with Gasteiger partial charge in [0.25, 0.3) is 0 Å². The smallest absolute Gasteiger partial charge is 0.0431 e. The van der Waals surface area contributed by atoms with Crippen molar-refractivity contribution >= 4 is 21.6 Å². The quantitative estimate of drug-likeness (QED) is 0.812. The summed E-state index contributed by atoms with van der Waals surface area (Å²) in [6.45, 7) is 11.1. The lowest BCUT2D eigenvalue weighted by Gasteiger charge is -2.26. The summed E-state index contributed by atoms with van der Waals surface area (Å²) in [5, 5.41) is 0. The first-order chi connectivity index (χ1) is 8.10. The number of nitrogens with zero attached hydrogens (tertiary/aromatic N) is 1. The van der Waals surface area contributed by atoms with Gasteiger partial charge in [0.2, 0.25) is 0 Å². The van der Waals surface area contributed by atoms with E-state index >= 15 is 0 Å². The SMILES string of the molecule is C=CCN(CC=C)c1cc(Br)ccc1C(C)N. The van der Waals surface area contributed by atoms with Crippen LogP contribution in [0.1, 0.15) is 18.5 Å². The molecule has 0 fully saturated rings. The van der Waals surface area contributed by atoms with E-state index < -0.39 is 0 Å². The number of halogens is 1. The predicted molar refractivity (Wildman–Crippen MR) is 79.4 cm³/mol. The van der Waals surface area contributed by atoms with Crippen molar-refractivity contribution in [1.29, 1.82) is 0 Å². The average molecular weight is 295 g/mol. The summed E-state index contributed by atoms with van der Waals surface area (Å²) in [5.41, 5.74) is 8.27. The molecule has 1 unspecified atom stereocenters. The lowest BCUT2D eigenvalue weighted by atomic mass is 10.1. The minimum absolute atomic E-state index is 0.00947. The standard InChI is InChI=1S/C14H19BrN2/c1-4-8-17(9-5-2)14-10-12(15)6-7-13(14)11(3)16/h4-7,10-11H,1-2,8-9,16H2,3H3. The number of rotatable bonds is 6. The van der Waals surface area contributed by atoms with Crippen molar-refractivity contribution in [2.24, 2.45) is 5.73 Å². The molecule has 0 amide bonds. The zero-order chi connectivity index (χ0) is 12.8. The van der Waals surface area contributed by atoms with E-state index in [2.05, 4.69) is 46.1 Å². The van der Waals surface area contributed by atoms with E-state index in [9.17, 15) is 0 Å². The third-order valence-electron chi connectivity index (χ3n) is 2.52. The van der Waals surface area contributed by atoms with Crippen LogP contribution in [0, 0.1) is 0 Å². The van der Waals surface area contributed by atoms with Gasteiger partial charge in [-0.3, -0.25) is 0 Å². The Hall–Kier alpha value is -1.06. The van der Waals surface area contributed by atoms with E-state index in [0.717, 1.165) is 28.8 Å². The van der Waals surface area contributed by atoms with Crippen LogP contribution in [-0.2, 0) is 0 Å². The highest BCUT2D eigenvalue weighted by molar-refractivity contribution is 9.10. The van der Waals surface area contributed by atoms with Crippen molar-refractivity contribution in [3.8, 4) is 0 Å². The zero-order valence-corrected chi connectivity index (χ0v) is 11.8. The molecule has 0 saturated carbocycles. The van der Waals surface area contributed by atoms with Gasteiger partial charge < -0.3 is 10.6 Å². The maximum atomic E-state index is 6.00. The molecule has 0 aliphatic carbocycles. The Morgan fingerprint density at radius 2 is 1.94 bits per heavy atom. The van der Waals surface area contributed by atoms with Crippen molar-refractivity contribution in [2.45, 2.75) is 13.0 Å². The minimum Gasteiger partial charge on any atom is -0.364 e. The Balaban J connectivity index is 3.18. The Kier molecular flexibility index (Phi) is 5.45. The third kappa shape index (κ3) is 3.72.